The van der Waals surface area contributed by atoms with Gasteiger partial charge in [-0.1, -0.05) is 164 Å². The van der Waals surface area contributed by atoms with Crippen LogP contribution in [-0.2, 0) is 6.54 Å². The first-order valence-corrected chi connectivity index (χ1v) is 18.4. The smallest absolute Gasteiger partial charge is 0.172 e. The number of pyridine rings is 1. The van der Waals surface area contributed by atoms with E-state index in [-0.39, 0.29) is 5.84 Å². The summed E-state index contributed by atoms with van der Waals surface area (Å²) in [7, 11) is 0. The van der Waals surface area contributed by atoms with Crippen LogP contribution in [-0.4, -0.2) is 16.7 Å². The van der Waals surface area contributed by atoms with Gasteiger partial charge in [-0.3, -0.25) is 5.41 Å². The summed E-state index contributed by atoms with van der Waals surface area (Å²) in [5, 5.41) is 14.6. The molecule has 0 saturated carbocycles. The highest BCUT2D eigenvalue weighted by molar-refractivity contribution is 6.19. The lowest BCUT2D eigenvalue weighted by molar-refractivity contribution is 0.671. The summed E-state index contributed by atoms with van der Waals surface area (Å²) in [6, 6.07) is 65.9. The Hall–Kier alpha value is -7.37. The fourth-order valence-electron chi connectivity index (χ4n) is 7.14. The van der Waals surface area contributed by atoms with Gasteiger partial charge in [-0.25, -0.2) is 9.98 Å². The first-order chi connectivity index (χ1) is 27.2. The van der Waals surface area contributed by atoms with Crippen LogP contribution in [0.25, 0.3) is 66.6 Å². The van der Waals surface area contributed by atoms with Gasteiger partial charge in [-0.15, -0.1) is 0 Å². The summed E-state index contributed by atoms with van der Waals surface area (Å²) in [4.78, 5) is 9.93. The molecular weight excluding hydrogens is 673 g/mol. The second-order valence-corrected chi connectivity index (χ2v) is 13.4. The Balaban J connectivity index is 1.22. The molecular formula is C50H36N4O. The van der Waals surface area contributed by atoms with E-state index in [1.165, 1.54) is 0 Å². The van der Waals surface area contributed by atoms with Crippen molar-refractivity contribution in [3.63, 3.8) is 0 Å². The topological polar surface area (TPSA) is 74.3 Å². The SMILES string of the molecule is N=C(N=C(NCc1ccccc1)c1ccccc1)c1cccc(-c2ccc(-c3ccccc3)c3oc4c(-c5ccccc5)cc(-c5ccccc5)cc4c23)n1. The van der Waals surface area contributed by atoms with Gasteiger partial charge < -0.3 is 9.73 Å². The molecule has 0 aliphatic rings. The summed E-state index contributed by atoms with van der Waals surface area (Å²) in [6.07, 6.45) is 0. The van der Waals surface area contributed by atoms with Gasteiger partial charge in [-0.05, 0) is 58.1 Å². The summed E-state index contributed by atoms with van der Waals surface area (Å²) in [5.41, 5.74) is 12.1. The molecule has 2 N–H and O–H groups in total. The number of benzene rings is 7. The zero-order valence-corrected chi connectivity index (χ0v) is 30.0. The summed E-state index contributed by atoms with van der Waals surface area (Å²) in [5.74, 6) is 0.673. The number of nitrogens with zero attached hydrogens (tertiary/aromatic N) is 2. The molecule has 0 radical (unpaired) electrons. The molecule has 0 bridgehead atoms. The largest absolute Gasteiger partial charge is 0.455 e. The molecule has 0 spiro atoms. The molecule has 55 heavy (non-hydrogen) atoms. The first kappa shape index (κ1) is 33.5. The van der Waals surface area contributed by atoms with Crippen molar-refractivity contribution >= 4 is 33.6 Å². The number of furan rings is 1. The monoisotopic (exact) mass is 708 g/mol. The number of hydrogen-bond acceptors (Lipinski definition) is 3. The van der Waals surface area contributed by atoms with Crippen LogP contribution >= 0.6 is 0 Å². The van der Waals surface area contributed by atoms with Crippen LogP contribution in [0.4, 0.5) is 0 Å². The maximum atomic E-state index is 9.20. The van der Waals surface area contributed by atoms with E-state index >= 15 is 0 Å². The van der Waals surface area contributed by atoms with Gasteiger partial charge in [0.2, 0.25) is 0 Å². The van der Waals surface area contributed by atoms with E-state index in [0.717, 1.165) is 77.7 Å². The molecule has 0 fully saturated rings. The third-order valence-electron chi connectivity index (χ3n) is 9.84. The number of nitrogens with one attached hydrogen (secondary N) is 2. The quantitative estimate of drug-likeness (QED) is 0.122. The van der Waals surface area contributed by atoms with Crippen LogP contribution in [0.3, 0.4) is 0 Å². The standard InChI is InChI=1S/C50H36N4O/c51-49(54-50(38-25-14-5-15-26-38)52-33-34-17-6-1-7-18-34)45-28-16-27-44(53-45)41-30-29-40(36-21-10-3-11-22-36)48-46(41)43-32-39(35-19-8-2-9-20-35)31-42(47(43)55-48)37-23-12-4-13-24-37/h1-32H,33H2,(H2,51,52,54). The molecule has 2 heterocycles. The van der Waals surface area contributed by atoms with Crippen LogP contribution in [0, 0.1) is 5.41 Å². The van der Waals surface area contributed by atoms with Gasteiger partial charge >= 0.3 is 0 Å². The Morgan fingerprint density at radius 1 is 0.527 bits per heavy atom. The fraction of sp³-hybridized carbons (Fsp3) is 0.0200. The molecule has 0 amide bonds. The number of aromatic nitrogens is 1. The summed E-state index contributed by atoms with van der Waals surface area (Å²) in [6.45, 7) is 0.574. The Bertz CT molecular complexity index is 2800. The lowest BCUT2D eigenvalue weighted by atomic mass is 9.93. The molecule has 0 atom stereocenters. The zero-order valence-electron chi connectivity index (χ0n) is 30.0. The van der Waals surface area contributed by atoms with Crippen molar-refractivity contribution in [1.82, 2.24) is 10.3 Å². The minimum atomic E-state index is 0.0631. The number of fused-ring (bicyclic) bond motifs is 3. The van der Waals surface area contributed by atoms with E-state index in [4.69, 9.17) is 14.4 Å². The molecule has 9 aromatic rings. The number of hydrogen-bond donors (Lipinski definition) is 2. The van der Waals surface area contributed by atoms with Crippen molar-refractivity contribution in [3.05, 3.63) is 211 Å². The number of aliphatic imine (C=N–C) groups is 1. The lowest BCUT2D eigenvalue weighted by Crippen LogP contribution is -2.25. The van der Waals surface area contributed by atoms with Crippen LogP contribution in [0.15, 0.2) is 204 Å². The van der Waals surface area contributed by atoms with E-state index in [0.29, 0.717) is 18.1 Å². The highest BCUT2D eigenvalue weighted by Crippen LogP contribution is 2.45. The van der Waals surface area contributed by atoms with Gasteiger partial charge in [0.15, 0.2) is 5.84 Å². The molecule has 9 rings (SSSR count). The Labute approximate surface area is 319 Å². The second-order valence-electron chi connectivity index (χ2n) is 13.4. The highest BCUT2D eigenvalue weighted by atomic mass is 16.3. The summed E-state index contributed by atoms with van der Waals surface area (Å²) < 4.78 is 7.02. The Kier molecular flexibility index (Phi) is 9.09. The number of rotatable bonds is 8. The Morgan fingerprint density at radius 3 is 1.78 bits per heavy atom. The van der Waals surface area contributed by atoms with Crippen LogP contribution in [0.2, 0.25) is 0 Å². The van der Waals surface area contributed by atoms with Gasteiger partial charge in [0.05, 0.1) is 5.69 Å². The van der Waals surface area contributed by atoms with Crippen molar-refractivity contribution in [2.75, 3.05) is 0 Å². The van der Waals surface area contributed by atoms with Gasteiger partial charge in [0.1, 0.15) is 22.7 Å². The van der Waals surface area contributed by atoms with Crippen molar-refractivity contribution in [2.45, 2.75) is 6.54 Å². The van der Waals surface area contributed by atoms with E-state index < -0.39 is 0 Å². The second kappa shape index (κ2) is 14.9. The van der Waals surface area contributed by atoms with Gasteiger partial charge in [0.25, 0.3) is 0 Å². The molecule has 262 valence electrons. The van der Waals surface area contributed by atoms with E-state index in [2.05, 4.69) is 115 Å². The Morgan fingerprint density at radius 2 is 1.11 bits per heavy atom. The van der Waals surface area contributed by atoms with Crippen molar-refractivity contribution in [3.8, 4) is 44.6 Å². The average molecular weight is 709 g/mol. The van der Waals surface area contributed by atoms with Gasteiger partial charge in [-0.2, -0.15) is 0 Å². The predicted molar refractivity (Wildman–Crippen MR) is 226 cm³/mol. The number of amidine groups is 2. The zero-order chi connectivity index (χ0) is 37.0. The third-order valence-corrected chi connectivity index (χ3v) is 9.84. The van der Waals surface area contributed by atoms with Crippen LogP contribution < -0.4 is 5.32 Å². The van der Waals surface area contributed by atoms with Crippen molar-refractivity contribution < 1.29 is 4.42 Å². The van der Waals surface area contributed by atoms with Crippen molar-refractivity contribution in [2.24, 2.45) is 4.99 Å². The van der Waals surface area contributed by atoms with Crippen LogP contribution in [0.5, 0.6) is 0 Å². The fourth-order valence-corrected chi connectivity index (χ4v) is 7.14. The molecule has 0 saturated heterocycles. The molecule has 2 aromatic heterocycles. The minimum absolute atomic E-state index is 0.0631. The maximum absolute atomic E-state index is 9.20. The lowest BCUT2D eigenvalue weighted by Gasteiger charge is -2.12. The van der Waals surface area contributed by atoms with Crippen LogP contribution in [0.1, 0.15) is 16.8 Å². The average Bonchev–Trinajstić information content (AvgIpc) is 3.66. The predicted octanol–water partition coefficient (Wildman–Crippen LogP) is 12.2. The van der Waals surface area contributed by atoms with Crippen molar-refractivity contribution in [1.29, 1.82) is 5.41 Å². The highest BCUT2D eigenvalue weighted by Gasteiger charge is 2.22. The normalized spacial score (nSPS) is 11.5. The maximum Gasteiger partial charge on any atom is 0.172 e. The first-order valence-electron chi connectivity index (χ1n) is 18.4. The molecule has 0 aliphatic carbocycles. The third kappa shape index (κ3) is 6.83. The molecule has 0 unspecified atom stereocenters. The molecule has 5 nitrogen and oxygen atoms in total. The molecule has 5 heteroatoms. The van der Waals surface area contributed by atoms with Gasteiger partial charge in [0, 0.05) is 39.6 Å². The van der Waals surface area contributed by atoms with E-state index in [1.807, 2.05) is 84.9 Å². The van der Waals surface area contributed by atoms with E-state index in [1.54, 1.807) is 0 Å². The minimum Gasteiger partial charge on any atom is -0.455 e. The molecule has 0 aliphatic heterocycles. The van der Waals surface area contributed by atoms with E-state index in [9.17, 15) is 5.41 Å². The summed E-state index contributed by atoms with van der Waals surface area (Å²) >= 11 is 0. The molecule has 7 aromatic carbocycles.